The molecule has 2 aliphatic rings. The maximum atomic E-state index is 13.1. The summed E-state index contributed by atoms with van der Waals surface area (Å²) < 4.78 is 5.60. The number of amides is 2. The fourth-order valence-corrected chi connectivity index (χ4v) is 5.31. The second-order valence-electron chi connectivity index (χ2n) is 9.87. The number of hydrogen-bond acceptors (Lipinski definition) is 4. The maximum absolute atomic E-state index is 13.1. The van der Waals surface area contributed by atoms with E-state index in [-0.39, 0.29) is 12.5 Å². The highest BCUT2D eigenvalue weighted by Gasteiger charge is 2.43. The number of alkyl carbamates (subject to hydrolysis) is 1. The summed E-state index contributed by atoms with van der Waals surface area (Å²) in [5, 5.41) is 15.3. The molecule has 2 aromatic rings. The standard InChI is InChI=1S/C28H34N2O5/c1-3-8-24(25(31)30-28(26(32)33)15-13-18(2)14-16-28)29-27(34)35-17-23-21-11-6-4-9-19(21)20-10-5-7-12-22(20)23/h4-7,9-12,18,23-24H,3,8,13-17H2,1-2H3,(H,29,34)(H,30,31)(H,32,33)/t18?,24-,28?/m1/s1. The predicted molar refractivity (Wildman–Crippen MR) is 133 cm³/mol. The van der Waals surface area contributed by atoms with Crippen LogP contribution >= 0.6 is 0 Å². The van der Waals surface area contributed by atoms with Crippen molar-refractivity contribution >= 4 is 18.0 Å². The average Bonchev–Trinajstić information content (AvgIpc) is 3.17. The smallest absolute Gasteiger partial charge is 0.407 e. The van der Waals surface area contributed by atoms with Crippen LogP contribution in [0, 0.1) is 5.92 Å². The summed E-state index contributed by atoms with van der Waals surface area (Å²) in [6.07, 6.45) is 2.62. The molecule has 0 heterocycles. The van der Waals surface area contributed by atoms with Crippen LogP contribution in [0.15, 0.2) is 48.5 Å². The first kappa shape index (κ1) is 24.8. The number of hydrogen-bond donors (Lipinski definition) is 3. The van der Waals surface area contributed by atoms with Crippen molar-refractivity contribution < 1.29 is 24.2 Å². The van der Waals surface area contributed by atoms with Crippen molar-refractivity contribution in [3.05, 3.63) is 59.7 Å². The quantitative estimate of drug-likeness (QED) is 0.503. The van der Waals surface area contributed by atoms with Gasteiger partial charge in [-0.1, -0.05) is 68.8 Å². The summed E-state index contributed by atoms with van der Waals surface area (Å²) in [6.45, 7) is 4.15. The van der Waals surface area contributed by atoms with Gasteiger partial charge in [-0.25, -0.2) is 9.59 Å². The van der Waals surface area contributed by atoms with Gasteiger partial charge in [0.2, 0.25) is 5.91 Å². The Bertz CT molecular complexity index is 1040. The third-order valence-corrected chi connectivity index (χ3v) is 7.43. The van der Waals surface area contributed by atoms with Crippen molar-refractivity contribution in [3.63, 3.8) is 0 Å². The van der Waals surface area contributed by atoms with Gasteiger partial charge in [-0.05, 0) is 60.3 Å². The molecular formula is C28H34N2O5. The molecule has 35 heavy (non-hydrogen) atoms. The molecule has 0 aromatic heterocycles. The van der Waals surface area contributed by atoms with E-state index in [9.17, 15) is 19.5 Å². The van der Waals surface area contributed by atoms with E-state index < -0.39 is 29.6 Å². The Kier molecular flexibility index (Phi) is 7.43. The van der Waals surface area contributed by atoms with Crippen LogP contribution < -0.4 is 10.6 Å². The van der Waals surface area contributed by atoms with E-state index in [0.717, 1.165) is 35.1 Å². The third-order valence-electron chi connectivity index (χ3n) is 7.43. The summed E-state index contributed by atoms with van der Waals surface area (Å²) in [5.74, 6) is -1.14. The molecule has 7 heteroatoms. The Hall–Kier alpha value is -3.35. The number of carbonyl (C=O) groups is 3. The highest BCUT2D eigenvalue weighted by Crippen LogP contribution is 2.44. The van der Waals surface area contributed by atoms with Gasteiger partial charge in [0.1, 0.15) is 18.2 Å². The largest absolute Gasteiger partial charge is 0.480 e. The Morgan fingerprint density at radius 3 is 2.14 bits per heavy atom. The molecule has 0 saturated heterocycles. The highest BCUT2D eigenvalue weighted by atomic mass is 16.5. The minimum absolute atomic E-state index is 0.0777. The molecule has 7 nitrogen and oxygen atoms in total. The van der Waals surface area contributed by atoms with Gasteiger partial charge in [-0.3, -0.25) is 4.79 Å². The van der Waals surface area contributed by atoms with Crippen LogP contribution in [0.3, 0.4) is 0 Å². The van der Waals surface area contributed by atoms with Crippen LogP contribution in [0.25, 0.3) is 11.1 Å². The number of rotatable bonds is 8. The molecular weight excluding hydrogens is 444 g/mol. The SMILES string of the molecule is CCC[C@@H](NC(=O)OCC1c2ccccc2-c2ccccc21)C(=O)NC1(C(=O)O)CCC(C)CC1. The number of benzene rings is 2. The van der Waals surface area contributed by atoms with Gasteiger partial charge in [0, 0.05) is 5.92 Å². The van der Waals surface area contributed by atoms with Gasteiger partial charge in [-0.2, -0.15) is 0 Å². The monoisotopic (exact) mass is 478 g/mol. The number of fused-ring (bicyclic) bond motifs is 3. The molecule has 0 bridgehead atoms. The lowest BCUT2D eigenvalue weighted by atomic mass is 9.77. The number of aliphatic carboxylic acids is 1. The number of ether oxygens (including phenoxy) is 1. The number of carbonyl (C=O) groups excluding carboxylic acids is 2. The molecule has 3 N–H and O–H groups in total. The van der Waals surface area contributed by atoms with Gasteiger partial charge in [0.15, 0.2) is 0 Å². The topological polar surface area (TPSA) is 105 Å². The highest BCUT2D eigenvalue weighted by molar-refractivity contribution is 5.91. The van der Waals surface area contributed by atoms with Crippen LogP contribution in [0.2, 0.25) is 0 Å². The molecule has 1 fully saturated rings. The van der Waals surface area contributed by atoms with E-state index in [2.05, 4.69) is 29.7 Å². The van der Waals surface area contributed by atoms with E-state index in [1.807, 2.05) is 43.3 Å². The number of carboxylic acids is 1. The van der Waals surface area contributed by atoms with Crippen LogP contribution in [-0.4, -0.2) is 41.3 Å². The van der Waals surface area contributed by atoms with Crippen molar-refractivity contribution in [3.8, 4) is 11.1 Å². The number of carboxylic acid groups (broad SMARTS) is 1. The molecule has 2 amide bonds. The first-order valence-corrected chi connectivity index (χ1v) is 12.5. The second kappa shape index (κ2) is 10.5. The summed E-state index contributed by atoms with van der Waals surface area (Å²) in [4.78, 5) is 37.8. The molecule has 2 aliphatic carbocycles. The van der Waals surface area contributed by atoms with E-state index in [1.54, 1.807) is 0 Å². The number of nitrogens with one attached hydrogen (secondary N) is 2. The van der Waals surface area contributed by atoms with Crippen molar-refractivity contribution in [1.82, 2.24) is 10.6 Å². The van der Waals surface area contributed by atoms with Crippen molar-refractivity contribution in [2.75, 3.05) is 6.61 Å². The molecule has 0 radical (unpaired) electrons. The lowest BCUT2D eigenvalue weighted by molar-refractivity contribution is -0.150. The second-order valence-corrected chi connectivity index (χ2v) is 9.87. The Morgan fingerprint density at radius 1 is 1.03 bits per heavy atom. The van der Waals surface area contributed by atoms with Crippen molar-refractivity contribution in [2.24, 2.45) is 5.92 Å². The zero-order valence-electron chi connectivity index (χ0n) is 20.4. The average molecular weight is 479 g/mol. The van der Waals surface area contributed by atoms with Crippen LogP contribution in [-0.2, 0) is 14.3 Å². The van der Waals surface area contributed by atoms with Crippen molar-refractivity contribution in [1.29, 1.82) is 0 Å². The lowest BCUT2D eigenvalue weighted by Crippen LogP contribution is -2.60. The molecule has 4 rings (SSSR count). The summed E-state index contributed by atoms with van der Waals surface area (Å²) in [7, 11) is 0. The van der Waals surface area contributed by atoms with Crippen molar-refractivity contribution in [2.45, 2.75) is 69.9 Å². The van der Waals surface area contributed by atoms with Crippen LogP contribution in [0.4, 0.5) is 4.79 Å². The van der Waals surface area contributed by atoms with E-state index >= 15 is 0 Å². The van der Waals surface area contributed by atoms with Gasteiger partial charge in [0.05, 0.1) is 0 Å². The maximum Gasteiger partial charge on any atom is 0.407 e. The normalized spacial score (nSPS) is 21.9. The summed E-state index contributed by atoms with van der Waals surface area (Å²) in [5.41, 5.74) is 3.22. The van der Waals surface area contributed by atoms with Crippen LogP contribution in [0.1, 0.15) is 69.4 Å². The first-order chi connectivity index (χ1) is 16.8. The molecule has 0 unspecified atom stereocenters. The molecule has 0 aliphatic heterocycles. The summed E-state index contributed by atoms with van der Waals surface area (Å²) in [6, 6.07) is 15.3. The molecule has 1 saturated carbocycles. The van der Waals surface area contributed by atoms with Gasteiger partial charge in [-0.15, -0.1) is 0 Å². The Balaban J connectivity index is 1.40. The minimum Gasteiger partial charge on any atom is -0.480 e. The zero-order valence-corrected chi connectivity index (χ0v) is 20.4. The molecule has 2 aromatic carbocycles. The Labute approximate surface area is 206 Å². The Morgan fingerprint density at radius 2 is 1.60 bits per heavy atom. The van der Waals surface area contributed by atoms with E-state index in [1.165, 1.54) is 0 Å². The van der Waals surface area contributed by atoms with Gasteiger partial charge >= 0.3 is 12.1 Å². The predicted octanol–water partition coefficient (Wildman–Crippen LogP) is 4.84. The minimum atomic E-state index is -1.28. The fraction of sp³-hybridized carbons (Fsp3) is 0.464. The molecule has 0 spiro atoms. The summed E-state index contributed by atoms with van der Waals surface area (Å²) >= 11 is 0. The van der Waals surface area contributed by atoms with Gasteiger partial charge in [0.25, 0.3) is 0 Å². The molecule has 1 atom stereocenters. The van der Waals surface area contributed by atoms with Crippen LogP contribution in [0.5, 0.6) is 0 Å². The third kappa shape index (κ3) is 5.19. The molecule has 186 valence electrons. The van der Waals surface area contributed by atoms with E-state index in [0.29, 0.717) is 31.6 Å². The first-order valence-electron chi connectivity index (χ1n) is 12.5. The lowest BCUT2D eigenvalue weighted by Gasteiger charge is -2.37. The van der Waals surface area contributed by atoms with Gasteiger partial charge < -0.3 is 20.5 Å². The van der Waals surface area contributed by atoms with E-state index in [4.69, 9.17) is 4.74 Å². The zero-order chi connectivity index (χ0) is 25.0. The fourth-order valence-electron chi connectivity index (χ4n) is 5.31.